The molecule has 3 rings (SSSR count). The van der Waals surface area contributed by atoms with Crippen molar-refractivity contribution in [3.8, 4) is 0 Å². The van der Waals surface area contributed by atoms with Gasteiger partial charge in [0.25, 0.3) is 5.56 Å². The number of nitrogens with two attached hydrogens (primary N) is 1. The van der Waals surface area contributed by atoms with E-state index in [0.717, 1.165) is 29.7 Å². The van der Waals surface area contributed by atoms with Crippen LogP contribution in [0.4, 0.5) is 0 Å². The molecule has 0 bridgehead atoms. The van der Waals surface area contributed by atoms with E-state index in [2.05, 4.69) is 4.98 Å². The first-order chi connectivity index (χ1) is 8.16. The molecule has 0 radical (unpaired) electrons. The van der Waals surface area contributed by atoms with Crippen molar-refractivity contribution < 1.29 is 4.79 Å². The molecule has 1 aliphatic rings. The van der Waals surface area contributed by atoms with Crippen LogP contribution in [0.25, 0.3) is 10.2 Å². The molecule has 2 N–H and O–H groups in total. The topological polar surface area (TPSA) is 78.0 Å². The average molecular weight is 249 g/mol. The van der Waals surface area contributed by atoms with E-state index in [9.17, 15) is 9.59 Å². The molecule has 0 atom stereocenters. The van der Waals surface area contributed by atoms with Gasteiger partial charge >= 0.3 is 0 Å². The lowest BCUT2D eigenvalue weighted by atomic mass is 10.2. The minimum Gasteiger partial charge on any atom is -0.368 e. The van der Waals surface area contributed by atoms with E-state index >= 15 is 0 Å². The highest BCUT2D eigenvalue weighted by Crippen LogP contribution is 2.34. The van der Waals surface area contributed by atoms with Crippen molar-refractivity contribution in [2.45, 2.75) is 25.8 Å². The SMILES string of the molecule is NC(=O)Cn1cnc2sc3c(c2c1=O)CCC3. The second-order valence-corrected chi connectivity index (χ2v) is 5.27. The summed E-state index contributed by atoms with van der Waals surface area (Å²) in [6, 6.07) is 0. The highest BCUT2D eigenvalue weighted by molar-refractivity contribution is 7.18. The third-order valence-electron chi connectivity index (χ3n) is 3.02. The van der Waals surface area contributed by atoms with Gasteiger partial charge in [0.05, 0.1) is 11.7 Å². The third kappa shape index (κ3) is 1.56. The smallest absolute Gasteiger partial charge is 0.262 e. The number of nitrogens with zero attached hydrogens (tertiary/aromatic N) is 2. The number of hydrogen-bond donors (Lipinski definition) is 1. The van der Waals surface area contributed by atoms with E-state index < -0.39 is 5.91 Å². The maximum atomic E-state index is 12.2. The Hall–Kier alpha value is -1.69. The van der Waals surface area contributed by atoms with Crippen LogP contribution in [0, 0.1) is 0 Å². The van der Waals surface area contributed by atoms with Gasteiger partial charge in [0, 0.05) is 4.88 Å². The minimum atomic E-state index is -0.528. The summed E-state index contributed by atoms with van der Waals surface area (Å²) in [5, 5.41) is 0.686. The fourth-order valence-electron chi connectivity index (χ4n) is 2.30. The minimum absolute atomic E-state index is 0.105. The molecule has 88 valence electrons. The standard InChI is InChI=1S/C11H11N3O2S/c12-8(15)4-14-5-13-10-9(11(14)16)6-2-1-3-7(6)17-10/h5H,1-4H2,(H2,12,15). The molecule has 0 saturated carbocycles. The zero-order valence-electron chi connectivity index (χ0n) is 9.10. The number of fused-ring (bicyclic) bond motifs is 3. The van der Waals surface area contributed by atoms with Crippen molar-refractivity contribution in [3.63, 3.8) is 0 Å². The number of primary amides is 1. The lowest BCUT2D eigenvalue weighted by molar-refractivity contribution is -0.118. The quantitative estimate of drug-likeness (QED) is 0.838. The molecule has 0 aliphatic heterocycles. The van der Waals surface area contributed by atoms with Crippen LogP contribution in [0.5, 0.6) is 0 Å². The number of aryl methyl sites for hydroxylation is 2. The van der Waals surface area contributed by atoms with Crippen LogP contribution in [0.15, 0.2) is 11.1 Å². The number of carbonyl (C=O) groups is 1. The Balaban J connectivity index is 2.26. The Labute approximate surface area is 101 Å². The van der Waals surface area contributed by atoms with E-state index in [4.69, 9.17) is 5.73 Å². The largest absolute Gasteiger partial charge is 0.368 e. The molecule has 2 aromatic heterocycles. The highest BCUT2D eigenvalue weighted by Gasteiger charge is 2.21. The normalized spacial score (nSPS) is 14.1. The van der Waals surface area contributed by atoms with Crippen LogP contribution >= 0.6 is 11.3 Å². The molecular formula is C11H11N3O2S. The summed E-state index contributed by atoms with van der Waals surface area (Å²) < 4.78 is 1.29. The van der Waals surface area contributed by atoms with Gasteiger partial charge in [-0.1, -0.05) is 0 Å². The second-order valence-electron chi connectivity index (χ2n) is 4.18. The maximum Gasteiger partial charge on any atom is 0.262 e. The Morgan fingerprint density at radius 3 is 3.12 bits per heavy atom. The van der Waals surface area contributed by atoms with Crippen LogP contribution in [0.1, 0.15) is 16.9 Å². The van der Waals surface area contributed by atoms with Crippen LogP contribution in [0.3, 0.4) is 0 Å². The summed E-state index contributed by atoms with van der Waals surface area (Å²) in [6.07, 6.45) is 4.47. The molecule has 17 heavy (non-hydrogen) atoms. The average Bonchev–Trinajstić information content (AvgIpc) is 2.80. The van der Waals surface area contributed by atoms with Crippen molar-refractivity contribution >= 4 is 27.5 Å². The van der Waals surface area contributed by atoms with Gasteiger partial charge in [0.2, 0.25) is 5.91 Å². The van der Waals surface area contributed by atoms with Crippen LogP contribution in [0.2, 0.25) is 0 Å². The Bertz CT molecular complexity index is 671. The predicted octanol–water partition coefficient (Wildman–Crippen LogP) is 0.432. The molecule has 2 aromatic rings. The number of thiophene rings is 1. The fraction of sp³-hybridized carbons (Fsp3) is 0.364. The van der Waals surface area contributed by atoms with Gasteiger partial charge in [0.1, 0.15) is 11.4 Å². The molecule has 0 aromatic carbocycles. The van der Waals surface area contributed by atoms with Gasteiger partial charge in [-0.05, 0) is 24.8 Å². The van der Waals surface area contributed by atoms with Gasteiger partial charge < -0.3 is 5.73 Å². The maximum absolute atomic E-state index is 12.2. The zero-order chi connectivity index (χ0) is 12.0. The highest BCUT2D eigenvalue weighted by atomic mass is 32.1. The van der Waals surface area contributed by atoms with Crippen LogP contribution < -0.4 is 11.3 Å². The van der Waals surface area contributed by atoms with Gasteiger partial charge in [0.15, 0.2) is 0 Å². The summed E-state index contributed by atoms with van der Waals surface area (Å²) in [5.41, 5.74) is 6.08. The monoisotopic (exact) mass is 249 g/mol. The van der Waals surface area contributed by atoms with Gasteiger partial charge in [-0.15, -0.1) is 11.3 Å². The van der Waals surface area contributed by atoms with Crippen molar-refractivity contribution in [2.75, 3.05) is 0 Å². The van der Waals surface area contributed by atoms with Crippen molar-refractivity contribution in [1.29, 1.82) is 0 Å². The molecule has 1 aliphatic carbocycles. The molecule has 5 nitrogen and oxygen atoms in total. The summed E-state index contributed by atoms with van der Waals surface area (Å²) in [7, 11) is 0. The van der Waals surface area contributed by atoms with Gasteiger partial charge in [-0.2, -0.15) is 0 Å². The summed E-state index contributed by atoms with van der Waals surface area (Å²) >= 11 is 1.59. The summed E-state index contributed by atoms with van der Waals surface area (Å²) in [4.78, 5) is 29.3. The molecule has 2 heterocycles. The fourth-order valence-corrected chi connectivity index (χ4v) is 3.52. The first kappa shape index (κ1) is 10.5. The molecule has 0 saturated heterocycles. The van der Waals surface area contributed by atoms with Gasteiger partial charge in [-0.25, -0.2) is 4.98 Å². The molecule has 0 spiro atoms. The molecule has 0 fully saturated rings. The first-order valence-corrected chi connectivity index (χ1v) is 6.26. The van der Waals surface area contributed by atoms with Gasteiger partial charge in [-0.3, -0.25) is 14.2 Å². The van der Waals surface area contributed by atoms with Crippen LogP contribution in [-0.2, 0) is 24.2 Å². The third-order valence-corrected chi connectivity index (χ3v) is 4.22. The van der Waals surface area contributed by atoms with Crippen molar-refractivity contribution in [3.05, 3.63) is 27.1 Å². The van der Waals surface area contributed by atoms with E-state index in [1.54, 1.807) is 11.3 Å². The Morgan fingerprint density at radius 2 is 2.35 bits per heavy atom. The Morgan fingerprint density at radius 1 is 1.53 bits per heavy atom. The lowest BCUT2D eigenvalue weighted by Gasteiger charge is -2.02. The molecule has 0 unspecified atom stereocenters. The summed E-state index contributed by atoms with van der Waals surface area (Å²) in [6.45, 7) is -0.105. The lowest BCUT2D eigenvalue weighted by Crippen LogP contribution is -2.28. The van der Waals surface area contributed by atoms with Crippen molar-refractivity contribution in [2.24, 2.45) is 5.73 Å². The number of amides is 1. The number of carbonyl (C=O) groups excluding carboxylic acids is 1. The van der Waals surface area contributed by atoms with Crippen LogP contribution in [-0.4, -0.2) is 15.5 Å². The zero-order valence-corrected chi connectivity index (χ0v) is 9.92. The van der Waals surface area contributed by atoms with E-state index in [-0.39, 0.29) is 12.1 Å². The second kappa shape index (κ2) is 3.66. The first-order valence-electron chi connectivity index (χ1n) is 5.45. The number of aromatic nitrogens is 2. The number of hydrogen-bond acceptors (Lipinski definition) is 4. The predicted molar refractivity (Wildman–Crippen MR) is 65.1 cm³/mol. The Kier molecular flexibility index (Phi) is 2.25. The van der Waals surface area contributed by atoms with E-state index in [0.29, 0.717) is 5.39 Å². The molecular weight excluding hydrogens is 238 g/mol. The van der Waals surface area contributed by atoms with Crippen molar-refractivity contribution in [1.82, 2.24) is 9.55 Å². The molecule has 1 amide bonds. The molecule has 6 heteroatoms. The summed E-state index contributed by atoms with van der Waals surface area (Å²) in [5.74, 6) is -0.528. The number of rotatable bonds is 2. The van der Waals surface area contributed by atoms with E-state index in [1.165, 1.54) is 15.8 Å². The van der Waals surface area contributed by atoms with E-state index in [1.807, 2.05) is 0 Å².